The van der Waals surface area contributed by atoms with Gasteiger partial charge in [-0.3, -0.25) is 22.9 Å². The molecule has 8 nitrogen and oxygen atoms in total. The Morgan fingerprint density at radius 1 is 1.14 bits per heavy atom. The first kappa shape index (κ1) is 19.1. The van der Waals surface area contributed by atoms with Crippen LogP contribution < -0.4 is 11.2 Å². The van der Waals surface area contributed by atoms with Gasteiger partial charge in [0.15, 0.2) is 11.2 Å². The lowest BCUT2D eigenvalue weighted by molar-refractivity contribution is 0.137. The average Bonchev–Trinajstić information content (AvgIpc) is 3.20. The highest BCUT2D eigenvalue weighted by molar-refractivity contribution is 5.77. The van der Waals surface area contributed by atoms with E-state index in [1.54, 1.807) is 34.2 Å². The van der Waals surface area contributed by atoms with Gasteiger partial charge in [0, 0.05) is 25.0 Å². The summed E-state index contributed by atoms with van der Waals surface area (Å²) in [5, 5.41) is 0. The van der Waals surface area contributed by atoms with Crippen molar-refractivity contribution in [3.63, 3.8) is 0 Å². The molecule has 0 saturated carbocycles. The van der Waals surface area contributed by atoms with E-state index in [1.807, 2.05) is 20.8 Å². The Morgan fingerprint density at radius 3 is 2.55 bits per heavy atom. The van der Waals surface area contributed by atoms with E-state index >= 15 is 0 Å². The Balaban J connectivity index is 2.10. The van der Waals surface area contributed by atoms with E-state index in [9.17, 15) is 14.0 Å². The van der Waals surface area contributed by atoms with Gasteiger partial charge in [0.1, 0.15) is 5.82 Å². The number of benzene rings is 1. The van der Waals surface area contributed by atoms with Gasteiger partial charge >= 0.3 is 5.69 Å². The van der Waals surface area contributed by atoms with Gasteiger partial charge in [-0.1, -0.05) is 12.1 Å². The largest absolute Gasteiger partial charge is 0.380 e. The molecule has 4 aromatic rings. The topological polar surface area (TPSA) is 75.5 Å². The zero-order chi connectivity index (χ0) is 20.9. The third kappa shape index (κ3) is 2.72. The molecule has 3 aromatic heterocycles. The zero-order valence-corrected chi connectivity index (χ0v) is 16.8. The molecule has 0 N–H and O–H groups in total. The summed E-state index contributed by atoms with van der Waals surface area (Å²) < 4.78 is 25.7. The van der Waals surface area contributed by atoms with E-state index in [-0.39, 0.29) is 24.3 Å². The number of hydrogen-bond acceptors (Lipinski definition) is 4. The number of hydrogen-bond donors (Lipinski definition) is 0. The van der Waals surface area contributed by atoms with Gasteiger partial charge in [-0.25, -0.2) is 9.18 Å². The maximum absolute atomic E-state index is 14.5. The molecule has 29 heavy (non-hydrogen) atoms. The lowest BCUT2D eigenvalue weighted by atomic mass is 10.3. The Morgan fingerprint density at radius 2 is 1.86 bits per heavy atom. The highest BCUT2D eigenvalue weighted by Gasteiger charge is 2.24. The van der Waals surface area contributed by atoms with Crippen molar-refractivity contribution in [3.05, 3.63) is 62.3 Å². The SMILES string of the molecule is CCOCCn1c(=O)c2c(nc3n(-c4ccccc4F)c(C)c(C)n23)n(C)c1=O. The van der Waals surface area contributed by atoms with Gasteiger partial charge in [0.05, 0.1) is 18.8 Å². The van der Waals surface area contributed by atoms with Gasteiger partial charge in [-0.2, -0.15) is 4.98 Å². The predicted octanol–water partition coefficient (Wildman–Crippen LogP) is 1.93. The quantitative estimate of drug-likeness (QED) is 0.481. The molecule has 152 valence electrons. The van der Waals surface area contributed by atoms with Crippen LogP contribution in [0.2, 0.25) is 0 Å². The van der Waals surface area contributed by atoms with E-state index in [1.165, 1.54) is 10.6 Å². The molecule has 0 amide bonds. The van der Waals surface area contributed by atoms with Crippen molar-refractivity contribution in [1.82, 2.24) is 23.1 Å². The van der Waals surface area contributed by atoms with Gasteiger partial charge < -0.3 is 4.74 Å². The molecule has 0 unspecified atom stereocenters. The third-order valence-corrected chi connectivity index (χ3v) is 5.28. The molecule has 9 heteroatoms. The van der Waals surface area contributed by atoms with E-state index in [4.69, 9.17) is 4.74 Å². The summed E-state index contributed by atoms with van der Waals surface area (Å²) in [7, 11) is 1.57. The predicted molar refractivity (Wildman–Crippen MR) is 107 cm³/mol. The van der Waals surface area contributed by atoms with Crippen LogP contribution in [0.15, 0.2) is 33.9 Å². The van der Waals surface area contributed by atoms with Crippen molar-refractivity contribution < 1.29 is 9.13 Å². The fourth-order valence-electron chi connectivity index (χ4n) is 3.67. The standard InChI is InChI=1S/C20H22FN5O3/c1-5-29-11-10-24-18(27)16-17(23(4)20(24)28)22-19-25(12(2)13(3)26(16)19)15-9-7-6-8-14(15)21/h6-9H,5,10-11H2,1-4H3. The van der Waals surface area contributed by atoms with E-state index < -0.39 is 17.1 Å². The van der Waals surface area contributed by atoms with Crippen LogP contribution >= 0.6 is 0 Å². The summed E-state index contributed by atoms with van der Waals surface area (Å²) in [6, 6.07) is 6.38. The fraction of sp³-hybridized carbons (Fsp3) is 0.350. The number of para-hydroxylation sites is 1. The number of rotatable bonds is 5. The summed E-state index contributed by atoms with van der Waals surface area (Å²) in [5.74, 6) is -0.0158. The van der Waals surface area contributed by atoms with E-state index in [0.29, 0.717) is 18.1 Å². The Kier molecular flexibility index (Phi) is 4.62. The number of imidazole rings is 2. The molecule has 0 aliphatic carbocycles. The number of halogens is 1. The maximum Gasteiger partial charge on any atom is 0.332 e. The first-order chi connectivity index (χ1) is 13.9. The van der Waals surface area contributed by atoms with Gasteiger partial charge in [0.25, 0.3) is 5.56 Å². The zero-order valence-electron chi connectivity index (χ0n) is 16.8. The average molecular weight is 399 g/mol. The maximum atomic E-state index is 14.5. The minimum Gasteiger partial charge on any atom is -0.380 e. The van der Waals surface area contributed by atoms with Crippen molar-refractivity contribution >= 4 is 16.9 Å². The normalized spacial score (nSPS) is 11.8. The van der Waals surface area contributed by atoms with Gasteiger partial charge in [-0.15, -0.1) is 0 Å². The smallest absolute Gasteiger partial charge is 0.332 e. The summed E-state index contributed by atoms with van der Waals surface area (Å²) in [4.78, 5) is 30.5. The Labute approximate surface area is 165 Å². The van der Waals surface area contributed by atoms with E-state index in [0.717, 1.165) is 16.0 Å². The van der Waals surface area contributed by atoms with Gasteiger partial charge in [0.2, 0.25) is 5.78 Å². The molecule has 4 rings (SSSR count). The lowest BCUT2D eigenvalue weighted by Gasteiger charge is -2.09. The molecule has 0 saturated heterocycles. The Bertz CT molecular complexity index is 1360. The summed E-state index contributed by atoms with van der Waals surface area (Å²) in [5.41, 5.74) is 1.48. The molecule has 0 atom stereocenters. The van der Waals surface area contributed by atoms with Crippen molar-refractivity contribution in [1.29, 1.82) is 0 Å². The van der Waals surface area contributed by atoms with Crippen molar-refractivity contribution in [3.8, 4) is 5.69 Å². The second-order valence-corrected chi connectivity index (χ2v) is 6.87. The summed E-state index contributed by atoms with van der Waals surface area (Å²) >= 11 is 0. The van der Waals surface area contributed by atoms with Crippen molar-refractivity contribution in [2.24, 2.45) is 7.05 Å². The van der Waals surface area contributed by atoms with Crippen molar-refractivity contribution in [2.45, 2.75) is 27.3 Å². The third-order valence-electron chi connectivity index (χ3n) is 5.28. The first-order valence-corrected chi connectivity index (χ1v) is 9.41. The minimum atomic E-state index is -0.463. The highest BCUT2D eigenvalue weighted by atomic mass is 19.1. The second-order valence-electron chi connectivity index (χ2n) is 6.87. The number of aromatic nitrogens is 5. The number of aryl methyl sites for hydroxylation is 2. The number of nitrogens with zero attached hydrogens (tertiary/aromatic N) is 5. The van der Waals surface area contributed by atoms with Crippen molar-refractivity contribution in [2.75, 3.05) is 13.2 Å². The summed E-state index contributed by atoms with van der Waals surface area (Å²) in [6.45, 7) is 6.44. The molecule has 0 spiro atoms. The molecule has 0 bridgehead atoms. The summed E-state index contributed by atoms with van der Waals surface area (Å²) in [6.07, 6.45) is 0. The van der Waals surface area contributed by atoms with Gasteiger partial charge in [-0.05, 0) is 32.9 Å². The van der Waals surface area contributed by atoms with Crippen LogP contribution in [0.5, 0.6) is 0 Å². The molecule has 0 aliphatic heterocycles. The molecule has 0 radical (unpaired) electrons. The highest BCUT2D eigenvalue weighted by Crippen LogP contribution is 2.25. The van der Waals surface area contributed by atoms with Crippen LogP contribution in [0.4, 0.5) is 4.39 Å². The number of ether oxygens (including phenoxy) is 1. The lowest BCUT2D eigenvalue weighted by Crippen LogP contribution is -2.40. The second kappa shape index (κ2) is 7.00. The molecular formula is C20H22FN5O3. The van der Waals surface area contributed by atoms with Crippen LogP contribution in [0.25, 0.3) is 22.6 Å². The van der Waals surface area contributed by atoms with Crippen LogP contribution in [-0.4, -0.2) is 36.3 Å². The van der Waals surface area contributed by atoms with Crippen LogP contribution in [0.1, 0.15) is 18.3 Å². The van der Waals surface area contributed by atoms with Crippen LogP contribution in [0, 0.1) is 19.7 Å². The minimum absolute atomic E-state index is 0.147. The first-order valence-electron chi connectivity index (χ1n) is 9.41. The molecule has 1 aromatic carbocycles. The fourth-order valence-corrected chi connectivity index (χ4v) is 3.67. The molecule has 0 aliphatic rings. The van der Waals surface area contributed by atoms with E-state index in [2.05, 4.69) is 4.98 Å². The van der Waals surface area contributed by atoms with Crippen LogP contribution in [0.3, 0.4) is 0 Å². The molecule has 0 fully saturated rings. The molecular weight excluding hydrogens is 377 g/mol. The van der Waals surface area contributed by atoms with Crippen LogP contribution in [-0.2, 0) is 18.3 Å². The Hall–Kier alpha value is -3.20. The molecule has 3 heterocycles. The monoisotopic (exact) mass is 399 g/mol. The number of fused-ring (bicyclic) bond motifs is 3.